The second-order valence-corrected chi connectivity index (χ2v) is 6.50. The van der Waals surface area contributed by atoms with Gasteiger partial charge in [0.1, 0.15) is 5.78 Å². The van der Waals surface area contributed by atoms with E-state index >= 15 is 0 Å². The smallest absolute Gasteiger partial charge is 0.227 e. The molecule has 5 nitrogen and oxygen atoms in total. The first-order valence-electron chi connectivity index (χ1n) is 8.35. The van der Waals surface area contributed by atoms with Crippen LogP contribution in [-0.2, 0) is 14.4 Å². The van der Waals surface area contributed by atoms with Crippen molar-refractivity contribution in [3.05, 3.63) is 24.3 Å². The Morgan fingerprint density at radius 3 is 2.09 bits per heavy atom. The van der Waals surface area contributed by atoms with Crippen molar-refractivity contribution >= 4 is 29.0 Å². The van der Waals surface area contributed by atoms with Crippen molar-refractivity contribution in [2.24, 2.45) is 11.8 Å². The van der Waals surface area contributed by atoms with Crippen molar-refractivity contribution < 1.29 is 14.4 Å². The third-order valence-electron chi connectivity index (χ3n) is 4.50. The topological polar surface area (TPSA) is 75.3 Å². The molecule has 0 spiro atoms. The van der Waals surface area contributed by atoms with Gasteiger partial charge in [-0.15, -0.1) is 0 Å². The first-order valence-corrected chi connectivity index (χ1v) is 8.35. The van der Waals surface area contributed by atoms with Gasteiger partial charge in [0.15, 0.2) is 0 Å². The normalized spacial score (nSPS) is 21.4. The quantitative estimate of drug-likeness (QED) is 0.838. The highest BCUT2D eigenvalue weighted by Gasteiger charge is 2.29. The minimum absolute atomic E-state index is 0.0367. The Morgan fingerprint density at radius 2 is 1.48 bits per heavy atom. The second kappa shape index (κ2) is 6.94. The largest absolute Gasteiger partial charge is 0.326 e. The Balaban J connectivity index is 1.59. The number of anilines is 2. The van der Waals surface area contributed by atoms with Crippen molar-refractivity contribution in [3.8, 4) is 0 Å². The van der Waals surface area contributed by atoms with E-state index < -0.39 is 0 Å². The Hall–Kier alpha value is -2.17. The molecule has 0 aliphatic heterocycles. The van der Waals surface area contributed by atoms with Gasteiger partial charge < -0.3 is 10.6 Å². The fraction of sp³-hybridized carbons (Fsp3) is 0.500. The van der Waals surface area contributed by atoms with E-state index in [0.717, 1.165) is 25.7 Å². The van der Waals surface area contributed by atoms with Gasteiger partial charge in [-0.2, -0.15) is 0 Å². The van der Waals surface area contributed by atoms with Crippen LogP contribution >= 0.6 is 0 Å². The van der Waals surface area contributed by atoms with Crippen LogP contribution in [0, 0.1) is 11.8 Å². The van der Waals surface area contributed by atoms with Gasteiger partial charge in [0.05, 0.1) is 0 Å². The lowest BCUT2D eigenvalue weighted by Gasteiger charge is -2.14. The molecule has 2 aliphatic rings. The van der Waals surface area contributed by atoms with E-state index in [0.29, 0.717) is 30.6 Å². The summed E-state index contributed by atoms with van der Waals surface area (Å²) >= 11 is 0. The molecule has 0 aromatic heterocycles. The minimum Gasteiger partial charge on any atom is -0.326 e. The van der Waals surface area contributed by atoms with Gasteiger partial charge in [0.25, 0.3) is 0 Å². The van der Waals surface area contributed by atoms with Crippen LogP contribution in [0.1, 0.15) is 44.9 Å². The van der Waals surface area contributed by atoms with E-state index in [2.05, 4.69) is 10.6 Å². The molecule has 3 rings (SSSR count). The van der Waals surface area contributed by atoms with Gasteiger partial charge in [0.2, 0.25) is 11.8 Å². The number of benzene rings is 1. The fourth-order valence-corrected chi connectivity index (χ4v) is 2.92. The number of hydrogen-bond acceptors (Lipinski definition) is 3. The number of ketones is 1. The number of rotatable bonds is 4. The van der Waals surface area contributed by atoms with Crippen LogP contribution in [0.15, 0.2) is 24.3 Å². The summed E-state index contributed by atoms with van der Waals surface area (Å²) in [4.78, 5) is 35.6. The van der Waals surface area contributed by atoms with Gasteiger partial charge in [-0.3, -0.25) is 14.4 Å². The highest BCUT2D eigenvalue weighted by molar-refractivity contribution is 5.96. The molecule has 23 heavy (non-hydrogen) atoms. The van der Waals surface area contributed by atoms with Gasteiger partial charge in [-0.1, -0.05) is 6.07 Å². The molecule has 5 heteroatoms. The van der Waals surface area contributed by atoms with Crippen molar-refractivity contribution in [3.63, 3.8) is 0 Å². The van der Waals surface area contributed by atoms with Gasteiger partial charge in [-0.05, 0) is 50.3 Å². The van der Waals surface area contributed by atoms with Crippen molar-refractivity contribution in [2.75, 3.05) is 10.6 Å². The van der Waals surface area contributed by atoms with Gasteiger partial charge in [-0.25, -0.2) is 0 Å². The summed E-state index contributed by atoms with van der Waals surface area (Å²) in [6, 6.07) is 7.22. The van der Waals surface area contributed by atoms with Crippen LogP contribution in [0.4, 0.5) is 11.4 Å². The summed E-state index contributed by atoms with van der Waals surface area (Å²) in [5, 5.41) is 5.79. The first-order chi connectivity index (χ1) is 11.1. The van der Waals surface area contributed by atoms with E-state index in [1.54, 1.807) is 6.07 Å². The standard InChI is InChI=1S/C18H22N2O3/c21-16-6-1-3-12(9-10-16)17(22)19-14-4-2-5-15(11-14)20-18(23)13-7-8-13/h2,4-5,11-13H,1,3,6-10H2,(H,19,22)(H,20,23). The lowest BCUT2D eigenvalue weighted by atomic mass is 9.99. The zero-order valence-corrected chi connectivity index (χ0v) is 13.1. The maximum Gasteiger partial charge on any atom is 0.227 e. The van der Waals surface area contributed by atoms with Crippen LogP contribution in [0.5, 0.6) is 0 Å². The van der Waals surface area contributed by atoms with Crippen molar-refractivity contribution in [1.29, 1.82) is 0 Å². The molecule has 122 valence electrons. The number of amides is 2. The Bertz CT molecular complexity index is 622. The molecule has 0 bridgehead atoms. The Kier molecular flexibility index (Phi) is 4.74. The van der Waals surface area contributed by atoms with Gasteiger partial charge >= 0.3 is 0 Å². The lowest BCUT2D eigenvalue weighted by Crippen LogP contribution is -2.22. The van der Waals surface area contributed by atoms with Gasteiger partial charge in [0, 0.05) is 36.1 Å². The molecular weight excluding hydrogens is 292 g/mol. The molecule has 2 saturated carbocycles. The molecule has 2 fully saturated rings. The maximum absolute atomic E-state index is 12.4. The summed E-state index contributed by atoms with van der Waals surface area (Å²) < 4.78 is 0. The van der Waals surface area contributed by atoms with Crippen LogP contribution in [0.3, 0.4) is 0 Å². The molecule has 0 heterocycles. The number of nitrogens with one attached hydrogen (secondary N) is 2. The molecule has 0 saturated heterocycles. The first kappa shape index (κ1) is 15.7. The maximum atomic E-state index is 12.4. The van der Waals surface area contributed by atoms with E-state index in [9.17, 15) is 14.4 Å². The molecule has 1 atom stereocenters. The fourth-order valence-electron chi connectivity index (χ4n) is 2.92. The SMILES string of the molecule is O=C1CCCC(C(=O)Nc2cccc(NC(=O)C3CC3)c2)CC1. The highest BCUT2D eigenvalue weighted by atomic mass is 16.2. The summed E-state index contributed by atoms with van der Waals surface area (Å²) in [6.45, 7) is 0. The third-order valence-corrected chi connectivity index (χ3v) is 4.50. The molecule has 0 radical (unpaired) electrons. The zero-order valence-electron chi connectivity index (χ0n) is 13.1. The molecule has 2 aliphatic carbocycles. The monoisotopic (exact) mass is 314 g/mol. The molecule has 1 aromatic rings. The number of hydrogen-bond donors (Lipinski definition) is 2. The molecule has 1 aromatic carbocycles. The van der Waals surface area contributed by atoms with E-state index in [1.807, 2.05) is 18.2 Å². The highest BCUT2D eigenvalue weighted by Crippen LogP contribution is 2.30. The van der Waals surface area contributed by atoms with Crippen LogP contribution in [-0.4, -0.2) is 17.6 Å². The molecule has 1 unspecified atom stereocenters. The Labute approximate surface area is 135 Å². The van der Waals surface area contributed by atoms with Crippen molar-refractivity contribution in [1.82, 2.24) is 0 Å². The zero-order chi connectivity index (χ0) is 16.2. The predicted molar refractivity (Wildman–Crippen MR) is 88.0 cm³/mol. The number of carbonyl (C=O) groups is 3. The summed E-state index contributed by atoms with van der Waals surface area (Å²) in [7, 11) is 0. The molecule has 2 amide bonds. The number of Topliss-reactive ketones (excluding diaryl/α,β-unsaturated/α-hetero) is 1. The lowest BCUT2D eigenvalue weighted by molar-refractivity contribution is -0.120. The van der Waals surface area contributed by atoms with E-state index in [4.69, 9.17) is 0 Å². The van der Waals surface area contributed by atoms with E-state index in [-0.39, 0.29) is 29.4 Å². The second-order valence-electron chi connectivity index (χ2n) is 6.50. The summed E-state index contributed by atoms with van der Waals surface area (Å²) in [5.74, 6) is 0.314. The summed E-state index contributed by atoms with van der Waals surface area (Å²) in [5.41, 5.74) is 1.38. The van der Waals surface area contributed by atoms with Crippen LogP contribution in [0.2, 0.25) is 0 Å². The molecule has 2 N–H and O–H groups in total. The third kappa shape index (κ3) is 4.41. The van der Waals surface area contributed by atoms with Crippen LogP contribution in [0.25, 0.3) is 0 Å². The minimum atomic E-state index is -0.105. The van der Waals surface area contributed by atoms with E-state index in [1.165, 1.54) is 0 Å². The number of carbonyl (C=O) groups excluding carboxylic acids is 3. The summed E-state index contributed by atoms with van der Waals surface area (Å²) in [6.07, 6.45) is 5.18. The Morgan fingerprint density at radius 1 is 0.870 bits per heavy atom. The average molecular weight is 314 g/mol. The molecular formula is C18H22N2O3. The average Bonchev–Trinajstić information content (AvgIpc) is 3.35. The van der Waals surface area contributed by atoms with Crippen LogP contribution < -0.4 is 10.6 Å². The van der Waals surface area contributed by atoms with Crippen molar-refractivity contribution in [2.45, 2.75) is 44.9 Å². The predicted octanol–water partition coefficient (Wildman–Crippen LogP) is 3.12.